The second kappa shape index (κ2) is 12.0. The molecule has 2 heteroatoms. The molecule has 0 aromatic heterocycles. The molecule has 0 bridgehead atoms. The molecule has 0 aliphatic heterocycles. The summed E-state index contributed by atoms with van der Waals surface area (Å²) >= 11 is 1.74. The fourth-order valence-electron chi connectivity index (χ4n) is 1.45. The average molecular weight is 256 g/mol. The highest BCUT2D eigenvalue weighted by molar-refractivity contribution is 8.03. The van der Waals surface area contributed by atoms with Crippen LogP contribution in [-0.4, -0.2) is 5.75 Å². The summed E-state index contributed by atoms with van der Waals surface area (Å²) in [7, 11) is 0. The van der Waals surface area contributed by atoms with Gasteiger partial charge in [-0.05, 0) is 38.2 Å². The minimum atomic E-state index is -0.168. The lowest BCUT2D eigenvalue weighted by Gasteiger charge is -2.02. The molecule has 0 radical (unpaired) electrons. The first-order valence-electron chi connectivity index (χ1n) is 6.53. The summed E-state index contributed by atoms with van der Waals surface area (Å²) in [6.07, 6.45) is 13.2. The molecule has 0 unspecified atom stereocenters. The van der Waals surface area contributed by atoms with Gasteiger partial charge in [-0.1, -0.05) is 44.8 Å². The largest absolute Gasteiger partial charge is 0.207 e. The van der Waals surface area contributed by atoms with E-state index in [9.17, 15) is 4.39 Å². The lowest BCUT2D eigenvalue weighted by molar-refractivity contribution is 0.659. The highest BCUT2D eigenvalue weighted by Gasteiger charge is 1.96. The Morgan fingerprint density at radius 3 is 2.41 bits per heavy atom. The molecule has 0 nitrogen and oxygen atoms in total. The van der Waals surface area contributed by atoms with E-state index in [2.05, 4.69) is 6.92 Å². The highest BCUT2D eigenvalue weighted by atomic mass is 32.2. The van der Waals surface area contributed by atoms with Crippen molar-refractivity contribution < 1.29 is 4.39 Å². The fraction of sp³-hybridized carbons (Fsp3) is 0.600. The van der Waals surface area contributed by atoms with Crippen LogP contribution in [0.5, 0.6) is 0 Å². The van der Waals surface area contributed by atoms with Gasteiger partial charge in [0, 0.05) is 4.91 Å². The van der Waals surface area contributed by atoms with E-state index in [0.717, 1.165) is 10.7 Å². The molecule has 0 saturated carbocycles. The molecule has 0 spiro atoms. The zero-order valence-corrected chi connectivity index (χ0v) is 12.2. The van der Waals surface area contributed by atoms with Gasteiger partial charge in [0.1, 0.15) is 5.83 Å². The Labute approximate surface area is 110 Å². The number of halogens is 1. The van der Waals surface area contributed by atoms with Crippen molar-refractivity contribution in [3.8, 4) is 0 Å². The van der Waals surface area contributed by atoms with Crippen LogP contribution in [0, 0.1) is 0 Å². The Balaban J connectivity index is 3.81. The maximum Gasteiger partial charge on any atom is 0.123 e. The molecule has 0 saturated heterocycles. The van der Waals surface area contributed by atoms with Crippen molar-refractivity contribution in [3.05, 3.63) is 35.0 Å². The Morgan fingerprint density at radius 1 is 1.12 bits per heavy atom. The number of allylic oxidation sites excluding steroid dienone is 5. The summed E-state index contributed by atoms with van der Waals surface area (Å²) in [4.78, 5) is 1.02. The molecule has 0 amide bonds. The Morgan fingerprint density at radius 2 is 1.82 bits per heavy atom. The van der Waals surface area contributed by atoms with Crippen molar-refractivity contribution in [2.24, 2.45) is 0 Å². The van der Waals surface area contributed by atoms with Gasteiger partial charge in [-0.2, -0.15) is 0 Å². The Hall–Kier alpha value is -0.500. The van der Waals surface area contributed by atoms with E-state index < -0.39 is 0 Å². The topological polar surface area (TPSA) is 0 Å². The number of rotatable bonds is 9. The Bertz CT molecular complexity index is 264. The fourth-order valence-corrected chi connectivity index (χ4v) is 2.39. The minimum absolute atomic E-state index is 0.168. The minimum Gasteiger partial charge on any atom is -0.207 e. The van der Waals surface area contributed by atoms with E-state index in [4.69, 9.17) is 0 Å². The molecule has 0 N–H and O–H groups in total. The standard InChI is InChI=1S/C15H25FS/c1-4-7-8-9-10-12-17-15(6-3)13-14(16)11-5-2/h5-6,11,13H,4,7-10,12H2,1-3H3/b11-5-,14-13+,15-6+. The number of hydrogen-bond donors (Lipinski definition) is 0. The summed E-state index contributed by atoms with van der Waals surface area (Å²) in [6.45, 7) is 6.00. The second-order valence-corrected chi connectivity index (χ2v) is 5.15. The predicted octanol–water partition coefficient (Wildman–Crippen LogP) is 6.02. The first kappa shape index (κ1) is 16.5. The van der Waals surface area contributed by atoms with Crippen LogP contribution in [0.4, 0.5) is 4.39 Å². The van der Waals surface area contributed by atoms with Crippen molar-refractivity contribution >= 4 is 11.8 Å². The zero-order valence-electron chi connectivity index (χ0n) is 11.3. The molecule has 0 aliphatic rings. The van der Waals surface area contributed by atoms with Crippen molar-refractivity contribution in [2.75, 3.05) is 5.75 Å². The molecule has 0 atom stereocenters. The summed E-state index contributed by atoms with van der Waals surface area (Å²) in [5, 5.41) is 0. The number of thioether (sulfide) groups is 1. The summed E-state index contributed by atoms with van der Waals surface area (Å²) < 4.78 is 13.2. The van der Waals surface area contributed by atoms with Gasteiger partial charge in [0.2, 0.25) is 0 Å². The van der Waals surface area contributed by atoms with Crippen molar-refractivity contribution in [1.82, 2.24) is 0 Å². The van der Waals surface area contributed by atoms with E-state index in [1.165, 1.54) is 38.2 Å². The van der Waals surface area contributed by atoms with Crippen LogP contribution in [0.2, 0.25) is 0 Å². The van der Waals surface area contributed by atoms with E-state index in [0.29, 0.717) is 0 Å². The molecular weight excluding hydrogens is 231 g/mol. The smallest absolute Gasteiger partial charge is 0.123 e. The summed E-state index contributed by atoms with van der Waals surface area (Å²) in [5.74, 6) is 0.919. The normalized spacial score (nSPS) is 13.6. The van der Waals surface area contributed by atoms with Crippen LogP contribution in [0.15, 0.2) is 35.0 Å². The van der Waals surface area contributed by atoms with Gasteiger partial charge in [-0.25, -0.2) is 4.39 Å². The number of unbranched alkanes of at least 4 members (excludes halogenated alkanes) is 4. The van der Waals surface area contributed by atoms with E-state index in [1.807, 2.05) is 19.9 Å². The molecule has 0 rings (SSSR count). The third kappa shape index (κ3) is 10.4. The summed E-state index contributed by atoms with van der Waals surface area (Å²) in [6, 6.07) is 0. The van der Waals surface area contributed by atoms with Crippen LogP contribution in [0.3, 0.4) is 0 Å². The van der Waals surface area contributed by atoms with E-state index in [1.54, 1.807) is 23.9 Å². The van der Waals surface area contributed by atoms with E-state index >= 15 is 0 Å². The predicted molar refractivity (Wildman–Crippen MR) is 79.0 cm³/mol. The third-order valence-electron chi connectivity index (χ3n) is 2.41. The quantitative estimate of drug-likeness (QED) is 0.359. The molecule has 0 heterocycles. The molecule has 17 heavy (non-hydrogen) atoms. The summed E-state index contributed by atoms with van der Waals surface area (Å²) in [5.41, 5.74) is 0. The molecule has 0 aromatic rings. The average Bonchev–Trinajstić information content (AvgIpc) is 2.32. The lowest BCUT2D eigenvalue weighted by atomic mass is 10.2. The van der Waals surface area contributed by atoms with Gasteiger partial charge in [0.05, 0.1) is 0 Å². The van der Waals surface area contributed by atoms with Gasteiger partial charge in [-0.3, -0.25) is 0 Å². The third-order valence-corrected chi connectivity index (χ3v) is 3.59. The van der Waals surface area contributed by atoms with Crippen LogP contribution in [0.1, 0.15) is 52.9 Å². The first-order valence-corrected chi connectivity index (χ1v) is 7.52. The van der Waals surface area contributed by atoms with Gasteiger partial charge in [-0.15, -0.1) is 11.8 Å². The van der Waals surface area contributed by atoms with Crippen molar-refractivity contribution in [1.29, 1.82) is 0 Å². The van der Waals surface area contributed by atoms with Crippen molar-refractivity contribution in [3.63, 3.8) is 0 Å². The second-order valence-electron chi connectivity index (χ2n) is 3.98. The van der Waals surface area contributed by atoms with Crippen LogP contribution in [0.25, 0.3) is 0 Å². The lowest BCUT2D eigenvalue weighted by Crippen LogP contribution is -1.83. The van der Waals surface area contributed by atoms with Gasteiger partial charge >= 0.3 is 0 Å². The first-order chi connectivity index (χ1) is 8.24. The van der Waals surface area contributed by atoms with Gasteiger partial charge < -0.3 is 0 Å². The maximum absolute atomic E-state index is 13.2. The monoisotopic (exact) mass is 256 g/mol. The maximum atomic E-state index is 13.2. The Kier molecular flexibility index (Phi) is 11.6. The molecule has 0 aliphatic carbocycles. The van der Waals surface area contributed by atoms with Crippen LogP contribution >= 0.6 is 11.8 Å². The van der Waals surface area contributed by atoms with Crippen LogP contribution in [-0.2, 0) is 0 Å². The number of hydrogen-bond acceptors (Lipinski definition) is 1. The highest BCUT2D eigenvalue weighted by Crippen LogP contribution is 2.21. The molecule has 0 fully saturated rings. The molecule has 98 valence electrons. The van der Waals surface area contributed by atoms with Crippen molar-refractivity contribution in [2.45, 2.75) is 52.9 Å². The van der Waals surface area contributed by atoms with Gasteiger partial charge in [0.15, 0.2) is 0 Å². The molecule has 0 aromatic carbocycles. The van der Waals surface area contributed by atoms with Gasteiger partial charge in [0.25, 0.3) is 0 Å². The SMILES string of the molecule is C\C=C/C(F)=C\C(=C/C)SCCCCCCC. The van der Waals surface area contributed by atoms with E-state index in [-0.39, 0.29) is 5.83 Å². The molecular formula is C15H25FS. The van der Waals surface area contributed by atoms with Crippen LogP contribution < -0.4 is 0 Å². The zero-order chi connectivity index (χ0) is 12.9.